The lowest BCUT2D eigenvalue weighted by Gasteiger charge is -2.36. The fraction of sp³-hybridized carbons (Fsp3) is 0.889. The summed E-state index contributed by atoms with van der Waals surface area (Å²) in [6.07, 6.45) is 11.7. The van der Waals surface area contributed by atoms with Crippen molar-refractivity contribution in [3.05, 3.63) is 5.92 Å². The fourth-order valence-corrected chi connectivity index (χ4v) is 3.81. The minimum absolute atomic E-state index is 0.346. The maximum atomic E-state index is 8.98. The molecule has 1 radical (unpaired) electrons. The van der Waals surface area contributed by atoms with Crippen molar-refractivity contribution in [3.8, 4) is 6.07 Å². The quantitative estimate of drug-likeness (QED) is 0.715. The number of rotatable bonds is 5. The van der Waals surface area contributed by atoms with Gasteiger partial charge in [-0.15, -0.1) is 0 Å². The molecule has 0 N–H and O–H groups in total. The van der Waals surface area contributed by atoms with Gasteiger partial charge in [-0.3, -0.25) is 0 Å². The zero-order chi connectivity index (χ0) is 14.4. The van der Waals surface area contributed by atoms with Gasteiger partial charge < -0.3 is 4.74 Å². The molecule has 0 aromatic carbocycles. The lowest BCUT2D eigenvalue weighted by Crippen LogP contribution is -2.29. The van der Waals surface area contributed by atoms with Crippen LogP contribution in [0.2, 0.25) is 0 Å². The first kappa shape index (κ1) is 15.8. The third-order valence-electron chi connectivity index (χ3n) is 5.51. The molecule has 2 heteroatoms. The summed E-state index contributed by atoms with van der Waals surface area (Å²) in [7, 11) is 0. The maximum absolute atomic E-state index is 8.98. The summed E-state index contributed by atoms with van der Waals surface area (Å²) in [5.41, 5.74) is 0. The van der Waals surface area contributed by atoms with Crippen LogP contribution in [-0.4, -0.2) is 12.7 Å². The molecule has 0 amide bonds. The summed E-state index contributed by atoms with van der Waals surface area (Å²) in [6.45, 7) is 5.26. The van der Waals surface area contributed by atoms with Gasteiger partial charge in [0.05, 0.1) is 18.8 Å². The van der Waals surface area contributed by atoms with Crippen LogP contribution < -0.4 is 0 Å². The summed E-state index contributed by atoms with van der Waals surface area (Å²) in [5, 5.41) is 8.98. The van der Waals surface area contributed by atoms with Crippen molar-refractivity contribution in [1.29, 1.82) is 5.26 Å². The van der Waals surface area contributed by atoms with Gasteiger partial charge in [0.25, 0.3) is 0 Å². The van der Waals surface area contributed by atoms with Crippen LogP contribution in [0, 0.1) is 35.0 Å². The Hall–Kier alpha value is -0.550. The molecule has 2 aliphatic carbocycles. The second-order valence-corrected chi connectivity index (χ2v) is 6.90. The molecule has 0 spiro atoms. The van der Waals surface area contributed by atoms with Crippen LogP contribution in [0.15, 0.2) is 0 Å². The van der Waals surface area contributed by atoms with Gasteiger partial charge >= 0.3 is 0 Å². The highest BCUT2D eigenvalue weighted by Gasteiger charge is 2.31. The molecule has 0 heterocycles. The van der Waals surface area contributed by atoms with E-state index >= 15 is 0 Å². The highest BCUT2D eigenvalue weighted by molar-refractivity contribution is 4.90. The molecule has 2 aliphatic rings. The molecule has 0 bridgehead atoms. The van der Waals surface area contributed by atoms with Crippen molar-refractivity contribution in [2.24, 2.45) is 17.8 Å². The Bertz CT molecular complexity index is 306. The topological polar surface area (TPSA) is 33.0 Å². The molecule has 0 saturated heterocycles. The summed E-state index contributed by atoms with van der Waals surface area (Å²) >= 11 is 0. The molecular weight excluding hydrogens is 246 g/mol. The first-order valence-electron chi connectivity index (χ1n) is 8.55. The summed E-state index contributed by atoms with van der Waals surface area (Å²) in [5.74, 6) is 3.61. The molecule has 0 aliphatic heterocycles. The number of nitriles is 1. The molecule has 0 aromatic rings. The first-order valence-corrected chi connectivity index (χ1v) is 8.55. The average Bonchev–Trinajstić information content (AvgIpc) is 2.53. The third kappa shape index (κ3) is 4.48. The lowest BCUT2D eigenvalue weighted by molar-refractivity contribution is 0.0124. The molecule has 2 nitrogen and oxygen atoms in total. The van der Waals surface area contributed by atoms with Gasteiger partial charge in [-0.2, -0.15) is 5.26 Å². The van der Waals surface area contributed by atoms with Crippen molar-refractivity contribution < 1.29 is 4.74 Å². The Balaban J connectivity index is 1.66. The highest BCUT2D eigenvalue weighted by Crippen LogP contribution is 2.40. The molecule has 2 rings (SSSR count). The number of ether oxygens (including phenoxy) is 1. The second-order valence-electron chi connectivity index (χ2n) is 6.90. The third-order valence-corrected chi connectivity index (χ3v) is 5.51. The van der Waals surface area contributed by atoms with Gasteiger partial charge in [-0.25, -0.2) is 0 Å². The van der Waals surface area contributed by atoms with Crippen LogP contribution in [0.1, 0.15) is 71.6 Å². The predicted octanol–water partition coefficient (Wildman–Crippen LogP) is 4.90. The molecule has 0 aromatic heterocycles. The van der Waals surface area contributed by atoms with Crippen molar-refractivity contribution >= 4 is 0 Å². The van der Waals surface area contributed by atoms with E-state index < -0.39 is 0 Å². The first-order chi connectivity index (χ1) is 9.72. The summed E-state index contributed by atoms with van der Waals surface area (Å²) in [4.78, 5) is 0. The molecule has 0 unspecified atom stereocenters. The van der Waals surface area contributed by atoms with E-state index in [0.29, 0.717) is 12.0 Å². The Morgan fingerprint density at radius 1 is 1.00 bits per heavy atom. The van der Waals surface area contributed by atoms with Gasteiger partial charge in [0.15, 0.2) is 0 Å². The molecule has 0 atom stereocenters. The smallest absolute Gasteiger partial charge is 0.0655 e. The number of nitrogens with zero attached hydrogens (tertiary/aromatic N) is 1. The van der Waals surface area contributed by atoms with Gasteiger partial charge in [0.2, 0.25) is 0 Å². The van der Waals surface area contributed by atoms with E-state index in [-0.39, 0.29) is 0 Å². The van der Waals surface area contributed by atoms with Gasteiger partial charge in [-0.1, -0.05) is 13.8 Å². The minimum atomic E-state index is 0.346. The molecular formula is C18H30NO. The lowest BCUT2D eigenvalue weighted by atomic mass is 9.71. The Morgan fingerprint density at radius 2 is 1.55 bits per heavy atom. The van der Waals surface area contributed by atoms with E-state index in [1.54, 1.807) is 0 Å². The average molecular weight is 276 g/mol. The monoisotopic (exact) mass is 276 g/mol. The second kappa shape index (κ2) is 8.03. The van der Waals surface area contributed by atoms with Gasteiger partial charge in [0.1, 0.15) is 0 Å². The van der Waals surface area contributed by atoms with Crippen LogP contribution in [0.4, 0.5) is 0 Å². The van der Waals surface area contributed by atoms with E-state index in [4.69, 9.17) is 10.00 Å². The van der Waals surface area contributed by atoms with E-state index in [1.807, 2.05) is 0 Å². The minimum Gasteiger partial charge on any atom is -0.378 e. The molecule has 113 valence electrons. The van der Waals surface area contributed by atoms with E-state index in [1.165, 1.54) is 44.4 Å². The van der Waals surface area contributed by atoms with Crippen molar-refractivity contribution in [2.45, 2.75) is 77.7 Å². The van der Waals surface area contributed by atoms with Crippen molar-refractivity contribution in [3.63, 3.8) is 0 Å². The standard InChI is InChI=1S/C18H30NO/c1-3-14(2)13-20-18-10-8-17(9-11-18)16-6-4-15(12-19)5-7-16/h15-18H,3-11,13H2,1-2H3. The molecule has 2 fully saturated rings. The van der Waals surface area contributed by atoms with E-state index in [2.05, 4.69) is 19.9 Å². The van der Waals surface area contributed by atoms with E-state index in [9.17, 15) is 0 Å². The SMILES string of the molecule is CC[C](C)COC1CCC(C2CCC(C#N)CC2)CC1. The molecule has 2 saturated carbocycles. The fourth-order valence-electron chi connectivity index (χ4n) is 3.81. The van der Waals surface area contributed by atoms with Crippen LogP contribution in [0.3, 0.4) is 0 Å². The van der Waals surface area contributed by atoms with Crippen molar-refractivity contribution in [2.75, 3.05) is 6.61 Å². The molecule has 20 heavy (non-hydrogen) atoms. The highest BCUT2D eigenvalue weighted by atomic mass is 16.5. The predicted molar refractivity (Wildman–Crippen MR) is 82.0 cm³/mol. The maximum Gasteiger partial charge on any atom is 0.0655 e. The Kier molecular flexibility index (Phi) is 6.36. The van der Waals surface area contributed by atoms with Gasteiger partial charge in [0, 0.05) is 5.92 Å². The summed E-state index contributed by atoms with van der Waals surface area (Å²) < 4.78 is 6.03. The Morgan fingerprint density at radius 3 is 2.05 bits per heavy atom. The normalized spacial score (nSPS) is 34.9. The van der Waals surface area contributed by atoms with Crippen LogP contribution in [-0.2, 0) is 4.74 Å². The van der Waals surface area contributed by atoms with Crippen LogP contribution in [0.25, 0.3) is 0 Å². The largest absolute Gasteiger partial charge is 0.378 e. The number of hydrogen-bond donors (Lipinski definition) is 0. The Labute approximate surface area is 124 Å². The summed E-state index contributed by atoms with van der Waals surface area (Å²) in [6, 6.07) is 2.44. The van der Waals surface area contributed by atoms with Crippen LogP contribution >= 0.6 is 0 Å². The zero-order valence-electron chi connectivity index (χ0n) is 13.2. The van der Waals surface area contributed by atoms with Gasteiger partial charge in [-0.05, 0) is 75.5 Å². The zero-order valence-corrected chi connectivity index (χ0v) is 13.2. The van der Waals surface area contributed by atoms with Crippen LogP contribution in [0.5, 0.6) is 0 Å². The van der Waals surface area contributed by atoms with Crippen molar-refractivity contribution in [1.82, 2.24) is 0 Å². The van der Waals surface area contributed by atoms with E-state index in [0.717, 1.165) is 37.7 Å². The number of hydrogen-bond acceptors (Lipinski definition) is 2.